The topological polar surface area (TPSA) is 102 Å². The van der Waals surface area contributed by atoms with E-state index in [2.05, 4.69) is 5.32 Å². The number of thiophene rings is 1. The maximum atomic E-state index is 13.2. The van der Waals surface area contributed by atoms with Gasteiger partial charge in [-0.2, -0.15) is 0 Å². The highest BCUT2D eigenvalue weighted by Gasteiger charge is 2.23. The van der Waals surface area contributed by atoms with Crippen LogP contribution >= 0.6 is 22.9 Å². The Labute approximate surface area is 223 Å². The minimum absolute atomic E-state index is 0.0280. The number of fused-ring (bicyclic) bond motifs is 1. The predicted octanol–water partition coefficient (Wildman–Crippen LogP) is 5.82. The van der Waals surface area contributed by atoms with Gasteiger partial charge < -0.3 is 14.8 Å². The molecule has 192 valence electrons. The van der Waals surface area contributed by atoms with Gasteiger partial charge in [0, 0.05) is 17.4 Å². The number of sulfonamides is 1. The molecular weight excluding hydrogens is 536 g/mol. The number of hydrogen-bond acceptors (Lipinski definition) is 7. The highest BCUT2D eigenvalue weighted by atomic mass is 35.5. The molecule has 1 aromatic heterocycles. The van der Waals surface area contributed by atoms with E-state index in [1.165, 1.54) is 43.7 Å². The van der Waals surface area contributed by atoms with Crippen molar-refractivity contribution < 1.29 is 27.5 Å². The van der Waals surface area contributed by atoms with Gasteiger partial charge in [0.25, 0.3) is 15.9 Å². The number of ether oxygens (including phenoxy) is 2. The van der Waals surface area contributed by atoms with E-state index < -0.39 is 16.0 Å². The Kier molecular flexibility index (Phi) is 7.72. The number of carbonyl (C=O) groups excluding carboxylic acids is 2. The van der Waals surface area contributed by atoms with Gasteiger partial charge in [0.15, 0.2) is 0 Å². The molecule has 37 heavy (non-hydrogen) atoms. The predicted molar refractivity (Wildman–Crippen MR) is 146 cm³/mol. The van der Waals surface area contributed by atoms with Crippen LogP contribution in [0, 0.1) is 0 Å². The zero-order valence-electron chi connectivity index (χ0n) is 20.1. The average Bonchev–Trinajstić information content (AvgIpc) is 3.32. The lowest BCUT2D eigenvalue weighted by Gasteiger charge is -2.20. The van der Waals surface area contributed by atoms with Crippen molar-refractivity contribution in [3.8, 4) is 5.75 Å². The quantitative estimate of drug-likeness (QED) is 0.273. The lowest BCUT2D eigenvalue weighted by molar-refractivity contribution is 0.0526. The summed E-state index contributed by atoms with van der Waals surface area (Å²) in [5.41, 5.74) is 1.35. The van der Waals surface area contributed by atoms with Crippen LogP contribution in [-0.2, 0) is 14.8 Å². The van der Waals surface area contributed by atoms with Crippen LogP contribution in [0.5, 0.6) is 5.75 Å². The normalized spacial score (nSPS) is 11.2. The molecule has 0 unspecified atom stereocenters. The molecule has 1 N–H and O–H groups in total. The van der Waals surface area contributed by atoms with Crippen LogP contribution in [-0.4, -0.2) is 41.1 Å². The molecule has 4 rings (SSSR count). The van der Waals surface area contributed by atoms with Gasteiger partial charge in [-0.3, -0.25) is 9.10 Å². The molecule has 0 aliphatic heterocycles. The van der Waals surface area contributed by atoms with Gasteiger partial charge in [0.2, 0.25) is 0 Å². The van der Waals surface area contributed by atoms with Gasteiger partial charge in [-0.1, -0.05) is 11.6 Å². The molecule has 0 saturated heterocycles. The number of rotatable bonds is 8. The molecule has 8 nitrogen and oxygen atoms in total. The van der Waals surface area contributed by atoms with Crippen molar-refractivity contribution in [3.63, 3.8) is 0 Å². The van der Waals surface area contributed by atoms with Crippen LogP contribution in [0.25, 0.3) is 10.1 Å². The van der Waals surface area contributed by atoms with Crippen molar-refractivity contribution in [3.05, 3.63) is 82.2 Å². The first kappa shape index (κ1) is 26.5. The molecule has 3 aromatic carbocycles. The summed E-state index contributed by atoms with van der Waals surface area (Å²) < 4.78 is 38.4. The fraction of sp³-hybridized carbons (Fsp3) is 0.154. The Hall–Kier alpha value is -3.60. The summed E-state index contributed by atoms with van der Waals surface area (Å²) in [5.74, 6) is -0.369. The molecule has 0 fully saturated rings. The van der Waals surface area contributed by atoms with Crippen LogP contribution in [0.2, 0.25) is 5.02 Å². The Bertz CT molecular complexity index is 1580. The minimum Gasteiger partial charge on any atom is -0.495 e. The third-order valence-electron chi connectivity index (χ3n) is 5.52. The van der Waals surface area contributed by atoms with E-state index in [0.29, 0.717) is 27.6 Å². The van der Waals surface area contributed by atoms with Gasteiger partial charge in [0.05, 0.1) is 39.8 Å². The van der Waals surface area contributed by atoms with Gasteiger partial charge in [-0.25, -0.2) is 13.2 Å². The summed E-state index contributed by atoms with van der Waals surface area (Å²) in [5, 5.41) is 3.72. The summed E-state index contributed by atoms with van der Waals surface area (Å²) in [6.07, 6.45) is 0. The maximum Gasteiger partial charge on any atom is 0.338 e. The van der Waals surface area contributed by atoms with E-state index in [-0.39, 0.29) is 22.4 Å². The van der Waals surface area contributed by atoms with Crippen molar-refractivity contribution in [1.82, 2.24) is 0 Å². The molecule has 11 heteroatoms. The first-order valence-electron chi connectivity index (χ1n) is 11.1. The minimum atomic E-state index is -3.89. The maximum absolute atomic E-state index is 13.2. The third kappa shape index (κ3) is 5.56. The fourth-order valence-electron chi connectivity index (χ4n) is 3.54. The molecule has 0 bridgehead atoms. The summed E-state index contributed by atoms with van der Waals surface area (Å²) >= 11 is 7.41. The molecule has 0 aliphatic rings. The van der Waals surface area contributed by atoms with E-state index in [0.717, 1.165) is 14.4 Å². The molecule has 0 spiro atoms. The highest BCUT2D eigenvalue weighted by molar-refractivity contribution is 7.92. The number of methoxy groups -OCH3 is 1. The molecule has 0 saturated carbocycles. The van der Waals surface area contributed by atoms with Crippen molar-refractivity contribution >= 4 is 66.3 Å². The SMILES string of the molecule is CCOC(=O)c1ccc(NC(=O)c2cc3cc(N(C)S(=O)(=O)c4ccc(OC)c(Cl)c4)ccc3s2)cc1. The molecule has 1 amide bonds. The molecular formula is C26H23ClN2O6S2. The second-order valence-electron chi connectivity index (χ2n) is 7.85. The number of anilines is 2. The monoisotopic (exact) mass is 558 g/mol. The number of benzene rings is 3. The zero-order chi connectivity index (χ0) is 26.7. The van der Waals surface area contributed by atoms with Crippen LogP contribution in [0.15, 0.2) is 71.6 Å². The first-order chi connectivity index (χ1) is 17.6. The number of nitrogens with one attached hydrogen (secondary N) is 1. The highest BCUT2D eigenvalue weighted by Crippen LogP contribution is 2.33. The van der Waals surface area contributed by atoms with E-state index in [1.807, 2.05) is 0 Å². The largest absolute Gasteiger partial charge is 0.495 e. The van der Waals surface area contributed by atoms with Gasteiger partial charge in [0.1, 0.15) is 5.75 Å². The summed E-state index contributed by atoms with van der Waals surface area (Å²) in [6, 6.07) is 17.6. The lowest BCUT2D eigenvalue weighted by Crippen LogP contribution is -2.26. The van der Waals surface area contributed by atoms with E-state index in [4.69, 9.17) is 21.1 Å². The second-order valence-corrected chi connectivity index (χ2v) is 11.3. The van der Waals surface area contributed by atoms with Crippen molar-refractivity contribution in [2.75, 3.05) is 30.4 Å². The van der Waals surface area contributed by atoms with Gasteiger partial charge in [-0.15, -0.1) is 11.3 Å². The van der Waals surface area contributed by atoms with E-state index in [9.17, 15) is 18.0 Å². The summed E-state index contributed by atoms with van der Waals surface area (Å²) in [7, 11) is -0.982. The number of hydrogen-bond donors (Lipinski definition) is 1. The molecule has 1 heterocycles. The number of halogens is 1. The van der Waals surface area contributed by atoms with Gasteiger partial charge >= 0.3 is 5.97 Å². The fourth-order valence-corrected chi connectivity index (χ4v) is 6.01. The Balaban J connectivity index is 1.53. The second kappa shape index (κ2) is 10.8. The van der Waals surface area contributed by atoms with Crippen LogP contribution in [0.4, 0.5) is 11.4 Å². The Morgan fingerprint density at radius 2 is 1.76 bits per heavy atom. The van der Waals surface area contributed by atoms with Gasteiger partial charge in [-0.05, 0) is 79.0 Å². The van der Waals surface area contributed by atoms with Crippen molar-refractivity contribution in [2.24, 2.45) is 0 Å². The van der Waals surface area contributed by atoms with Crippen LogP contribution in [0.1, 0.15) is 27.0 Å². The van der Waals surface area contributed by atoms with Crippen molar-refractivity contribution in [2.45, 2.75) is 11.8 Å². The molecule has 0 aliphatic carbocycles. The van der Waals surface area contributed by atoms with Crippen molar-refractivity contribution in [1.29, 1.82) is 0 Å². The average molecular weight is 559 g/mol. The lowest BCUT2D eigenvalue weighted by atomic mass is 10.2. The third-order valence-corrected chi connectivity index (χ3v) is 8.71. The first-order valence-corrected chi connectivity index (χ1v) is 13.7. The smallest absolute Gasteiger partial charge is 0.338 e. The molecule has 0 radical (unpaired) electrons. The number of nitrogens with zero attached hydrogens (tertiary/aromatic N) is 1. The zero-order valence-corrected chi connectivity index (χ0v) is 22.5. The van der Waals surface area contributed by atoms with Crippen LogP contribution in [0.3, 0.4) is 0 Å². The van der Waals surface area contributed by atoms with E-state index in [1.54, 1.807) is 55.5 Å². The number of esters is 1. The number of carbonyl (C=O) groups is 2. The number of amides is 1. The van der Waals surface area contributed by atoms with Crippen LogP contribution < -0.4 is 14.4 Å². The Morgan fingerprint density at radius 3 is 2.41 bits per heavy atom. The standard InChI is InChI=1S/C26H23ClN2O6S2/c1-4-35-26(31)16-5-7-18(8-6-16)28-25(30)24-14-17-13-19(9-12-23(17)36-24)29(2)37(32,33)20-10-11-22(34-3)21(27)15-20/h5-15H,4H2,1-3H3,(H,28,30). The summed E-state index contributed by atoms with van der Waals surface area (Å²) in [4.78, 5) is 25.1. The molecule has 0 atom stereocenters. The van der Waals surface area contributed by atoms with E-state index >= 15 is 0 Å². The Morgan fingerprint density at radius 1 is 1.03 bits per heavy atom. The molecule has 4 aromatic rings. The summed E-state index contributed by atoms with van der Waals surface area (Å²) in [6.45, 7) is 2.01.